The summed E-state index contributed by atoms with van der Waals surface area (Å²) < 4.78 is 27.8. The van der Waals surface area contributed by atoms with Crippen LogP contribution in [0.15, 0.2) is 42.6 Å². The van der Waals surface area contributed by atoms with E-state index in [1.54, 1.807) is 18.2 Å². The number of nitrogens with zero attached hydrogens (tertiary/aromatic N) is 1. The Morgan fingerprint density at radius 3 is 2.67 bits per heavy atom. The maximum absolute atomic E-state index is 14.6. The van der Waals surface area contributed by atoms with E-state index in [9.17, 15) is 13.6 Å². The number of carbonyl (C=O) groups excluding carboxylic acids is 1. The van der Waals surface area contributed by atoms with E-state index >= 15 is 0 Å². The summed E-state index contributed by atoms with van der Waals surface area (Å²) >= 11 is 0. The van der Waals surface area contributed by atoms with E-state index in [0.29, 0.717) is 28.2 Å². The second-order valence-electron chi connectivity index (χ2n) is 6.45. The number of carbonyl (C=O) groups is 1. The van der Waals surface area contributed by atoms with Gasteiger partial charge in [-0.2, -0.15) is 0 Å². The van der Waals surface area contributed by atoms with E-state index in [2.05, 4.69) is 17.6 Å². The zero-order valence-electron chi connectivity index (χ0n) is 15.5. The minimum Gasteiger partial charge on any atom is -0.369 e. The first kappa shape index (κ1) is 18.9. The molecule has 0 saturated heterocycles. The van der Waals surface area contributed by atoms with Gasteiger partial charge in [0.2, 0.25) is 0 Å². The molecule has 0 unspecified atom stereocenters. The maximum Gasteiger partial charge on any atom is 0.257 e. The quantitative estimate of drug-likeness (QED) is 0.674. The van der Waals surface area contributed by atoms with Gasteiger partial charge in [-0.3, -0.25) is 4.79 Å². The molecule has 0 saturated carbocycles. The van der Waals surface area contributed by atoms with Crippen LogP contribution in [0.4, 0.5) is 25.8 Å². The Morgan fingerprint density at radius 2 is 1.96 bits per heavy atom. The number of rotatable bonds is 7. The van der Waals surface area contributed by atoms with E-state index in [1.165, 1.54) is 24.4 Å². The summed E-state index contributed by atoms with van der Waals surface area (Å²) in [5, 5.41) is 5.58. The number of hydrogen-bond acceptors (Lipinski definition) is 3. The lowest BCUT2D eigenvalue weighted by atomic mass is 10.1. The van der Waals surface area contributed by atoms with Crippen molar-refractivity contribution in [1.29, 1.82) is 0 Å². The van der Waals surface area contributed by atoms with E-state index in [0.717, 1.165) is 25.9 Å². The molecule has 2 N–H and O–H groups in total. The molecule has 1 amide bonds. The molecule has 0 fully saturated rings. The lowest BCUT2D eigenvalue weighted by molar-refractivity contribution is -0.110. The average Bonchev–Trinajstić information content (AvgIpc) is 2.96. The summed E-state index contributed by atoms with van der Waals surface area (Å²) in [5.41, 5.74) is 2.54. The molecule has 0 aliphatic carbocycles. The van der Waals surface area contributed by atoms with Gasteiger partial charge in [0.25, 0.3) is 5.91 Å². The molecule has 0 atom stereocenters. The summed E-state index contributed by atoms with van der Waals surface area (Å²) in [7, 11) is 0. The van der Waals surface area contributed by atoms with Crippen molar-refractivity contribution >= 4 is 28.5 Å². The molecule has 1 aliphatic heterocycles. The molecule has 1 aliphatic rings. The lowest BCUT2D eigenvalue weighted by Gasteiger charge is -2.23. The molecule has 4 nitrogen and oxygen atoms in total. The molecule has 2 aromatic rings. The number of unbranched alkanes of at least 4 members (excludes halogenated alkanes) is 1. The fourth-order valence-electron chi connectivity index (χ4n) is 3.12. The van der Waals surface area contributed by atoms with Gasteiger partial charge in [-0.1, -0.05) is 13.3 Å². The minimum atomic E-state index is -0.413. The van der Waals surface area contributed by atoms with Gasteiger partial charge in [0.05, 0.1) is 16.9 Å². The van der Waals surface area contributed by atoms with Crippen LogP contribution < -0.4 is 15.5 Å². The maximum atomic E-state index is 14.6. The summed E-state index contributed by atoms with van der Waals surface area (Å²) in [6.45, 7) is 5.66. The summed E-state index contributed by atoms with van der Waals surface area (Å²) in [4.78, 5) is 14.1. The van der Waals surface area contributed by atoms with E-state index < -0.39 is 5.82 Å². The zero-order valence-corrected chi connectivity index (χ0v) is 15.5. The molecule has 0 bridgehead atoms. The van der Waals surface area contributed by atoms with Crippen LogP contribution in [0.25, 0.3) is 5.57 Å². The number of fused-ring (bicyclic) bond motifs is 1. The Morgan fingerprint density at radius 1 is 1.15 bits per heavy atom. The Labute approximate surface area is 157 Å². The van der Waals surface area contributed by atoms with Gasteiger partial charge in [-0.15, -0.1) is 0 Å². The zero-order chi connectivity index (χ0) is 19.4. The van der Waals surface area contributed by atoms with Crippen molar-refractivity contribution in [2.75, 3.05) is 28.6 Å². The van der Waals surface area contributed by atoms with Crippen molar-refractivity contribution in [2.24, 2.45) is 0 Å². The molecular weight excluding hydrogens is 348 g/mol. The SMILES string of the molecule is CCCCN(CC)c1ccc(NC=C2C(=O)Nc3cc(F)ccc32)cc1F. The molecule has 0 radical (unpaired) electrons. The van der Waals surface area contributed by atoms with E-state index in [-0.39, 0.29) is 11.7 Å². The standard InChI is InChI=1S/C21H23F2N3O/c1-3-5-10-26(4-2)20-9-7-15(12-18(20)23)24-13-17-16-8-6-14(22)11-19(16)25-21(17)27/h6-9,11-13,24H,3-5,10H2,1-2H3,(H,25,27). The van der Waals surface area contributed by atoms with Gasteiger partial charge in [0, 0.05) is 30.5 Å². The van der Waals surface area contributed by atoms with Crippen LogP contribution in [-0.4, -0.2) is 19.0 Å². The van der Waals surface area contributed by atoms with Crippen molar-refractivity contribution in [1.82, 2.24) is 0 Å². The molecule has 1 heterocycles. The van der Waals surface area contributed by atoms with Gasteiger partial charge in [0.15, 0.2) is 0 Å². The second kappa shape index (κ2) is 8.20. The van der Waals surface area contributed by atoms with Crippen LogP contribution in [0, 0.1) is 11.6 Å². The van der Waals surface area contributed by atoms with Crippen molar-refractivity contribution < 1.29 is 13.6 Å². The van der Waals surface area contributed by atoms with Crippen LogP contribution in [0.2, 0.25) is 0 Å². The van der Waals surface area contributed by atoms with Crippen molar-refractivity contribution in [3.8, 4) is 0 Å². The fraction of sp³-hybridized carbons (Fsp3) is 0.286. The molecule has 6 heteroatoms. The monoisotopic (exact) mass is 371 g/mol. The van der Waals surface area contributed by atoms with Crippen molar-refractivity contribution in [3.63, 3.8) is 0 Å². The predicted molar refractivity (Wildman–Crippen MR) is 106 cm³/mol. The number of halogens is 2. The Balaban J connectivity index is 1.78. The molecular formula is C21H23F2N3O. The second-order valence-corrected chi connectivity index (χ2v) is 6.45. The molecule has 3 rings (SSSR count). The smallest absolute Gasteiger partial charge is 0.257 e. The topological polar surface area (TPSA) is 44.4 Å². The summed E-state index contributed by atoms with van der Waals surface area (Å²) in [5.74, 6) is -1.05. The van der Waals surface area contributed by atoms with Crippen LogP contribution in [0.1, 0.15) is 32.3 Å². The third-order valence-electron chi connectivity index (χ3n) is 4.60. The first-order chi connectivity index (χ1) is 13.0. The van der Waals surface area contributed by atoms with Gasteiger partial charge in [-0.25, -0.2) is 8.78 Å². The van der Waals surface area contributed by atoms with Crippen molar-refractivity contribution in [3.05, 3.63) is 59.8 Å². The largest absolute Gasteiger partial charge is 0.369 e. The summed E-state index contributed by atoms with van der Waals surface area (Å²) in [6.07, 6.45) is 3.58. The predicted octanol–water partition coefficient (Wildman–Crippen LogP) is 5.00. The first-order valence-electron chi connectivity index (χ1n) is 9.16. The Kier molecular flexibility index (Phi) is 5.74. The number of hydrogen-bond donors (Lipinski definition) is 2. The molecule has 0 aromatic heterocycles. The van der Waals surface area contributed by atoms with Crippen molar-refractivity contribution in [2.45, 2.75) is 26.7 Å². The van der Waals surface area contributed by atoms with E-state index in [1.807, 2.05) is 11.8 Å². The number of nitrogens with one attached hydrogen (secondary N) is 2. The number of anilines is 3. The van der Waals surface area contributed by atoms with Crippen LogP contribution in [-0.2, 0) is 4.79 Å². The molecule has 0 spiro atoms. The van der Waals surface area contributed by atoms with E-state index in [4.69, 9.17) is 0 Å². The van der Waals surface area contributed by atoms with Gasteiger partial charge >= 0.3 is 0 Å². The fourth-order valence-corrected chi connectivity index (χ4v) is 3.12. The van der Waals surface area contributed by atoms with Gasteiger partial charge in [0.1, 0.15) is 11.6 Å². The molecule has 142 valence electrons. The van der Waals surface area contributed by atoms with Gasteiger partial charge in [-0.05, 0) is 49.7 Å². The third-order valence-corrected chi connectivity index (χ3v) is 4.60. The molecule has 2 aromatic carbocycles. The number of amides is 1. The summed E-state index contributed by atoms with van der Waals surface area (Å²) in [6, 6.07) is 9.07. The van der Waals surface area contributed by atoms with Crippen LogP contribution >= 0.6 is 0 Å². The molecule has 27 heavy (non-hydrogen) atoms. The Hall–Kier alpha value is -2.89. The van der Waals surface area contributed by atoms with Crippen LogP contribution in [0.5, 0.6) is 0 Å². The highest BCUT2D eigenvalue weighted by molar-refractivity contribution is 6.31. The Bertz CT molecular complexity index is 880. The average molecular weight is 371 g/mol. The lowest BCUT2D eigenvalue weighted by Crippen LogP contribution is -2.24. The highest BCUT2D eigenvalue weighted by atomic mass is 19.1. The highest BCUT2D eigenvalue weighted by Gasteiger charge is 2.24. The third kappa shape index (κ3) is 4.10. The number of benzene rings is 2. The van der Waals surface area contributed by atoms with Crippen LogP contribution in [0.3, 0.4) is 0 Å². The normalized spacial score (nSPS) is 14.2. The highest BCUT2D eigenvalue weighted by Crippen LogP contribution is 2.32. The minimum absolute atomic E-state index is 0.310. The first-order valence-corrected chi connectivity index (χ1v) is 9.16. The van der Waals surface area contributed by atoms with Gasteiger partial charge < -0.3 is 15.5 Å².